The minimum Gasteiger partial charge on any atom is -0.345 e. The smallest absolute Gasteiger partial charge is 0.251 e. The molecule has 0 radical (unpaired) electrons. The van der Waals surface area contributed by atoms with Gasteiger partial charge in [-0.3, -0.25) is 19.7 Å². The molecule has 1 heterocycles. The zero-order valence-corrected chi connectivity index (χ0v) is 14.3. The van der Waals surface area contributed by atoms with E-state index in [0.29, 0.717) is 12.0 Å². The van der Waals surface area contributed by atoms with E-state index in [1.54, 1.807) is 12.1 Å². The third-order valence-electron chi connectivity index (χ3n) is 5.20. The van der Waals surface area contributed by atoms with Crippen LogP contribution >= 0.6 is 0 Å². The number of nitrogens with one attached hydrogen (secondary N) is 2. The molecule has 1 aliphatic heterocycles. The fraction of sp³-hybridized carbons (Fsp3) is 0.286. The predicted octanol–water partition coefficient (Wildman–Crippen LogP) is 2.31. The number of carbonyl (C=O) groups excluding carboxylic acids is 3. The van der Waals surface area contributed by atoms with E-state index >= 15 is 0 Å². The maximum absolute atomic E-state index is 12.5. The molecule has 2 aliphatic rings. The molecule has 0 spiro atoms. The fourth-order valence-corrected chi connectivity index (χ4v) is 3.80. The molecule has 1 saturated heterocycles. The molecule has 1 aliphatic carbocycles. The number of fused-ring (bicyclic) bond motifs is 1. The van der Waals surface area contributed by atoms with Gasteiger partial charge >= 0.3 is 0 Å². The summed E-state index contributed by atoms with van der Waals surface area (Å²) in [4.78, 5) is 35.5. The van der Waals surface area contributed by atoms with Gasteiger partial charge in [-0.1, -0.05) is 36.4 Å². The predicted molar refractivity (Wildman–Crippen MR) is 96.4 cm³/mol. The van der Waals surface area contributed by atoms with Gasteiger partial charge in [0, 0.05) is 12.0 Å². The van der Waals surface area contributed by atoms with Gasteiger partial charge in [0.15, 0.2) is 0 Å². The van der Waals surface area contributed by atoms with Crippen LogP contribution in [0.5, 0.6) is 0 Å². The van der Waals surface area contributed by atoms with Crippen molar-refractivity contribution in [3.05, 3.63) is 70.8 Å². The van der Waals surface area contributed by atoms with Crippen molar-refractivity contribution in [2.45, 2.75) is 31.7 Å². The molecule has 0 aromatic heterocycles. The van der Waals surface area contributed by atoms with E-state index < -0.39 is 0 Å². The number of imide groups is 1. The van der Waals surface area contributed by atoms with Crippen LogP contribution < -0.4 is 10.6 Å². The van der Waals surface area contributed by atoms with Gasteiger partial charge in [0.05, 0.1) is 12.0 Å². The zero-order chi connectivity index (χ0) is 18.1. The Morgan fingerprint density at radius 1 is 1.08 bits per heavy atom. The van der Waals surface area contributed by atoms with Crippen molar-refractivity contribution in [3.63, 3.8) is 0 Å². The molecule has 4 rings (SSSR count). The molecule has 1 fully saturated rings. The summed E-state index contributed by atoms with van der Waals surface area (Å²) in [5.74, 6) is -0.825. The second-order valence-corrected chi connectivity index (χ2v) is 6.98. The van der Waals surface area contributed by atoms with Crippen molar-refractivity contribution in [2.24, 2.45) is 5.92 Å². The normalized spacial score (nSPS) is 21.4. The number of benzene rings is 2. The van der Waals surface area contributed by atoms with Crippen molar-refractivity contribution in [3.8, 4) is 0 Å². The summed E-state index contributed by atoms with van der Waals surface area (Å²) in [6.07, 6.45) is 2.66. The van der Waals surface area contributed by atoms with E-state index in [4.69, 9.17) is 0 Å². The van der Waals surface area contributed by atoms with Crippen molar-refractivity contribution in [1.82, 2.24) is 10.6 Å². The molecule has 0 saturated carbocycles. The van der Waals surface area contributed by atoms with E-state index in [0.717, 1.165) is 18.4 Å². The molecule has 0 bridgehead atoms. The van der Waals surface area contributed by atoms with Crippen LogP contribution in [0.2, 0.25) is 0 Å². The Balaban J connectivity index is 1.40. The van der Waals surface area contributed by atoms with E-state index in [9.17, 15) is 14.4 Å². The lowest BCUT2D eigenvalue weighted by Crippen LogP contribution is -2.27. The Kier molecular flexibility index (Phi) is 4.29. The number of amides is 3. The number of rotatable bonds is 4. The van der Waals surface area contributed by atoms with Gasteiger partial charge in [-0.25, -0.2) is 0 Å². The summed E-state index contributed by atoms with van der Waals surface area (Å²) in [6, 6.07) is 15.5. The SMILES string of the molecule is O=C1C[C@H](Cc2ccc(C(=O)N[C@@H]3CCc4ccccc43)cc2)C(=O)N1. The van der Waals surface area contributed by atoms with Crippen LogP contribution in [0.1, 0.15) is 45.9 Å². The van der Waals surface area contributed by atoms with E-state index in [1.165, 1.54) is 11.1 Å². The number of hydrogen-bond acceptors (Lipinski definition) is 3. The highest BCUT2D eigenvalue weighted by atomic mass is 16.2. The van der Waals surface area contributed by atoms with Crippen LogP contribution in [0.4, 0.5) is 0 Å². The molecular formula is C21H20N2O3. The van der Waals surface area contributed by atoms with Gasteiger partial charge in [-0.15, -0.1) is 0 Å². The van der Waals surface area contributed by atoms with Gasteiger partial charge in [-0.2, -0.15) is 0 Å². The van der Waals surface area contributed by atoms with Crippen LogP contribution in [-0.2, 0) is 22.4 Å². The Bertz CT molecular complexity index is 873. The molecule has 2 atom stereocenters. The van der Waals surface area contributed by atoms with Crippen molar-refractivity contribution in [1.29, 1.82) is 0 Å². The largest absolute Gasteiger partial charge is 0.345 e. The third kappa shape index (κ3) is 3.25. The molecule has 2 N–H and O–H groups in total. The van der Waals surface area contributed by atoms with E-state index in [2.05, 4.69) is 22.8 Å². The highest BCUT2D eigenvalue weighted by Crippen LogP contribution is 2.30. The highest BCUT2D eigenvalue weighted by Gasteiger charge is 2.30. The van der Waals surface area contributed by atoms with E-state index in [1.807, 2.05) is 24.3 Å². The zero-order valence-electron chi connectivity index (χ0n) is 14.3. The number of aryl methyl sites for hydroxylation is 1. The summed E-state index contributed by atoms with van der Waals surface area (Å²) >= 11 is 0. The summed E-state index contributed by atoms with van der Waals surface area (Å²) in [5.41, 5.74) is 4.06. The molecule has 5 nitrogen and oxygen atoms in total. The maximum Gasteiger partial charge on any atom is 0.251 e. The molecule has 5 heteroatoms. The topological polar surface area (TPSA) is 75.3 Å². The molecule has 132 valence electrons. The minimum absolute atomic E-state index is 0.0616. The van der Waals surface area contributed by atoms with Crippen LogP contribution in [0.25, 0.3) is 0 Å². The Morgan fingerprint density at radius 2 is 1.85 bits per heavy atom. The second kappa shape index (κ2) is 6.75. The molecule has 26 heavy (non-hydrogen) atoms. The minimum atomic E-state index is -0.308. The van der Waals surface area contributed by atoms with Gasteiger partial charge in [0.25, 0.3) is 5.91 Å². The van der Waals surface area contributed by atoms with Gasteiger partial charge < -0.3 is 5.32 Å². The van der Waals surface area contributed by atoms with Crippen LogP contribution in [-0.4, -0.2) is 17.7 Å². The average molecular weight is 348 g/mol. The van der Waals surface area contributed by atoms with Gasteiger partial charge in [0.1, 0.15) is 0 Å². The molecule has 2 aromatic rings. The lowest BCUT2D eigenvalue weighted by molar-refractivity contribution is -0.125. The first-order valence-electron chi connectivity index (χ1n) is 8.91. The fourth-order valence-electron chi connectivity index (χ4n) is 3.80. The third-order valence-corrected chi connectivity index (χ3v) is 5.20. The Labute approximate surface area is 151 Å². The van der Waals surface area contributed by atoms with Crippen molar-refractivity contribution >= 4 is 17.7 Å². The second-order valence-electron chi connectivity index (χ2n) is 6.98. The lowest BCUT2D eigenvalue weighted by Gasteiger charge is -2.14. The van der Waals surface area contributed by atoms with Crippen LogP contribution in [0, 0.1) is 5.92 Å². The van der Waals surface area contributed by atoms with Crippen molar-refractivity contribution in [2.75, 3.05) is 0 Å². The van der Waals surface area contributed by atoms with E-state index in [-0.39, 0.29) is 36.1 Å². The average Bonchev–Trinajstić information content (AvgIpc) is 3.18. The number of carbonyl (C=O) groups is 3. The summed E-state index contributed by atoms with van der Waals surface area (Å²) in [7, 11) is 0. The van der Waals surface area contributed by atoms with Crippen LogP contribution in [0.3, 0.4) is 0 Å². The summed E-state index contributed by atoms with van der Waals surface area (Å²) in [5, 5.41) is 5.43. The lowest BCUT2D eigenvalue weighted by atomic mass is 9.97. The first-order valence-corrected chi connectivity index (χ1v) is 8.91. The molecule has 2 aromatic carbocycles. The quantitative estimate of drug-likeness (QED) is 0.833. The standard InChI is InChI=1S/C21H20N2O3/c24-19-12-16(21(26)23-19)11-13-5-7-15(8-6-13)20(25)22-18-10-9-14-3-1-2-4-17(14)18/h1-8,16,18H,9-12H2,(H,22,25)(H,23,24,26)/t16-,18+/m0/s1. The Morgan fingerprint density at radius 3 is 2.58 bits per heavy atom. The summed E-state index contributed by atoms with van der Waals surface area (Å²) < 4.78 is 0. The Hall–Kier alpha value is -2.95. The molecule has 3 amide bonds. The highest BCUT2D eigenvalue weighted by molar-refractivity contribution is 6.03. The van der Waals surface area contributed by atoms with Crippen LogP contribution in [0.15, 0.2) is 48.5 Å². The first-order chi connectivity index (χ1) is 12.6. The summed E-state index contributed by atoms with van der Waals surface area (Å²) in [6.45, 7) is 0. The maximum atomic E-state index is 12.5. The molecular weight excluding hydrogens is 328 g/mol. The monoisotopic (exact) mass is 348 g/mol. The molecule has 0 unspecified atom stereocenters. The first kappa shape index (κ1) is 16.5. The number of hydrogen-bond donors (Lipinski definition) is 2. The van der Waals surface area contributed by atoms with Gasteiger partial charge in [-0.05, 0) is 48.1 Å². The van der Waals surface area contributed by atoms with Crippen molar-refractivity contribution < 1.29 is 14.4 Å². The van der Waals surface area contributed by atoms with Gasteiger partial charge in [0.2, 0.25) is 11.8 Å².